The zero-order chi connectivity index (χ0) is 17.7. The van der Waals surface area contributed by atoms with Crippen molar-refractivity contribution in [3.63, 3.8) is 0 Å². The zero-order valence-electron chi connectivity index (χ0n) is 16.7. The Balaban J connectivity index is 0.00000151. The number of benzene rings is 1. The summed E-state index contributed by atoms with van der Waals surface area (Å²) in [5, 5.41) is 15.0. The van der Waals surface area contributed by atoms with Crippen molar-refractivity contribution in [3.05, 3.63) is 53.3 Å². The van der Waals surface area contributed by atoms with Crippen molar-refractivity contribution in [1.82, 2.24) is 9.78 Å². The molecule has 0 aliphatic heterocycles. The first kappa shape index (κ1) is 25.0. The summed E-state index contributed by atoms with van der Waals surface area (Å²) in [5.41, 5.74) is 2.63. The normalized spacial score (nSPS) is 12.3. The average Bonchev–Trinajstić information content (AvgIpc) is 3.40. The van der Waals surface area contributed by atoms with Crippen LogP contribution in [0.2, 0.25) is 0 Å². The summed E-state index contributed by atoms with van der Waals surface area (Å²) in [6, 6.07) is 7.68. The zero-order valence-corrected chi connectivity index (χ0v) is 19.6. The molecule has 4 nitrogen and oxygen atoms in total. The van der Waals surface area contributed by atoms with Crippen LogP contribution < -0.4 is 5.56 Å². The van der Waals surface area contributed by atoms with Gasteiger partial charge in [-0.05, 0) is 43.2 Å². The fourth-order valence-corrected chi connectivity index (χ4v) is 2.78. The molecular weight excluding hydrogens is 401 g/mol. The Hall–Kier alpha value is -0.996. The molecule has 1 aliphatic carbocycles. The molecule has 1 N–H and O–H groups in total. The van der Waals surface area contributed by atoms with Crippen LogP contribution in [0, 0.1) is 20.3 Å². The van der Waals surface area contributed by atoms with E-state index in [1.807, 2.05) is 52.0 Å². The first-order valence-electron chi connectivity index (χ1n) is 9.00. The summed E-state index contributed by atoms with van der Waals surface area (Å²) in [5.74, 6) is 0.613. The third-order valence-electron chi connectivity index (χ3n) is 4.23. The maximum Gasteiger partial charge on any atom is 0.278 e. The van der Waals surface area contributed by atoms with E-state index < -0.39 is 0 Å². The maximum atomic E-state index is 12.8. The predicted octanol–water partition coefficient (Wildman–Crippen LogP) is 4.76. The maximum absolute atomic E-state index is 12.8. The Morgan fingerprint density at radius 3 is 2.38 bits per heavy atom. The smallest absolute Gasteiger partial charge is 0.278 e. The van der Waals surface area contributed by atoms with E-state index in [1.54, 1.807) is 4.68 Å². The standard InChI is InChI=1S/C18H22N2O2.C2H6.CH3.Y/c1-3-6-15-17(21)16(14-8-5-4-7-12(14)2)18(22)20(19-15)11-13-9-10-13;1-2;;/h4-5,7-8,13,21H,3,6,9-11H2,1-2H3;1-2H3;1H3;/q;;-1;. The van der Waals surface area contributed by atoms with Crippen LogP contribution in [0.25, 0.3) is 11.1 Å². The van der Waals surface area contributed by atoms with Gasteiger partial charge in [-0.25, -0.2) is 4.68 Å². The molecule has 5 heteroatoms. The monoisotopic (exact) mass is 432 g/mol. The third kappa shape index (κ3) is 5.75. The molecule has 1 radical (unpaired) electrons. The van der Waals surface area contributed by atoms with Crippen LogP contribution in [0.15, 0.2) is 29.1 Å². The van der Waals surface area contributed by atoms with Gasteiger partial charge in [-0.15, -0.1) is 0 Å². The average molecular weight is 432 g/mol. The van der Waals surface area contributed by atoms with Gasteiger partial charge in [-0.3, -0.25) is 4.79 Å². The van der Waals surface area contributed by atoms with Crippen LogP contribution in [-0.2, 0) is 45.7 Å². The van der Waals surface area contributed by atoms with E-state index >= 15 is 0 Å². The van der Waals surface area contributed by atoms with E-state index in [1.165, 1.54) is 0 Å². The van der Waals surface area contributed by atoms with E-state index in [4.69, 9.17) is 0 Å². The van der Waals surface area contributed by atoms with Gasteiger partial charge in [0.2, 0.25) is 0 Å². The molecule has 1 saturated carbocycles. The van der Waals surface area contributed by atoms with Crippen molar-refractivity contribution in [2.45, 2.75) is 59.9 Å². The largest absolute Gasteiger partial charge is 0.505 e. The second kappa shape index (κ2) is 11.7. The first-order valence-corrected chi connectivity index (χ1v) is 9.00. The number of hydrogen-bond donors (Lipinski definition) is 1. The van der Waals surface area contributed by atoms with Crippen molar-refractivity contribution < 1.29 is 37.8 Å². The second-order valence-corrected chi connectivity index (χ2v) is 6.17. The van der Waals surface area contributed by atoms with Crippen LogP contribution in [0.4, 0.5) is 0 Å². The van der Waals surface area contributed by atoms with Crippen molar-refractivity contribution >= 4 is 0 Å². The topological polar surface area (TPSA) is 55.1 Å². The van der Waals surface area contributed by atoms with Gasteiger partial charge in [-0.1, -0.05) is 51.5 Å². The molecule has 1 aromatic carbocycles. The van der Waals surface area contributed by atoms with Crippen LogP contribution in [0.3, 0.4) is 0 Å². The number of aromatic nitrogens is 2. The Morgan fingerprint density at radius 2 is 1.85 bits per heavy atom. The molecule has 0 saturated heterocycles. The van der Waals surface area contributed by atoms with Crippen LogP contribution >= 0.6 is 0 Å². The van der Waals surface area contributed by atoms with Crippen molar-refractivity contribution in [2.24, 2.45) is 5.92 Å². The SMILES string of the molecule is CC.CCCc1nn(CC2CC2)c(=O)c(-c2ccccc2C)c1O.[CH3-].[Y]. The van der Waals surface area contributed by atoms with Gasteiger partial charge >= 0.3 is 0 Å². The molecule has 0 amide bonds. The van der Waals surface area contributed by atoms with E-state index in [0.717, 1.165) is 30.4 Å². The molecule has 1 heterocycles. The van der Waals surface area contributed by atoms with E-state index in [0.29, 0.717) is 30.1 Å². The minimum atomic E-state index is -0.182. The van der Waals surface area contributed by atoms with Gasteiger partial charge in [0.15, 0.2) is 5.75 Å². The molecule has 0 spiro atoms. The Bertz CT molecular complexity index is 752. The number of nitrogens with zero attached hydrogens (tertiary/aromatic N) is 2. The first-order chi connectivity index (χ1) is 11.6. The van der Waals surface area contributed by atoms with Crippen molar-refractivity contribution in [1.29, 1.82) is 0 Å². The molecular formula is C21H31N2O2Y-. The molecule has 0 unspecified atom stereocenters. The van der Waals surface area contributed by atoms with E-state index in [2.05, 4.69) is 5.10 Å². The molecule has 141 valence electrons. The Kier molecular flexibility index (Phi) is 11.2. The Labute approximate surface area is 182 Å². The molecule has 3 rings (SSSR count). The van der Waals surface area contributed by atoms with Gasteiger partial charge in [0.1, 0.15) is 5.69 Å². The second-order valence-electron chi connectivity index (χ2n) is 6.17. The van der Waals surface area contributed by atoms with Crippen LogP contribution in [-0.4, -0.2) is 14.9 Å². The molecule has 2 aromatic rings. The molecule has 26 heavy (non-hydrogen) atoms. The van der Waals surface area contributed by atoms with Crippen LogP contribution in [0.5, 0.6) is 5.75 Å². The van der Waals surface area contributed by atoms with Gasteiger partial charge in [0.25, 0.3) is 5.56 Å². The summed E-state index contributed by atoms with van der Waals surface area (Å²) in [6.45, 7) is 8.67. The van der Waals surface area contributed by atoms with E-state index in [9.17, 15) is 9.90 Å². The number of aromatic hydroxyl groups is 1. The van der Waals surface area contributed by atoms with E-state index in [-0.39, 0.29) is 51.4 Å². The summed E-state index contributed by atoms with van der Waals surface area (Å²) < 4.78 is 1.56. The van der Waals surface area contributed by atoms with Crippen LogP contribution in [0.1, 0.15) is 51.3 Å². The summed E-state index contributed by atoms with van der Waals surface area (Å²) in [6.07, 6.45) is 3.89. The third-order valence-corrected chi connectivity index (χ3v) is 4.23. The van der Waals surface area contributed by atoms with Gasteiger partial charge in [-0.2, -0.15) is 5.10 Å². The Morgan fingerprint density at radius 1 is 1.23 bits per heavy atom. The van der Waals surface area contributed by atoms with Crippen molar-refractivity contribution in [2.75, 3.05) is 0 Å². The number of aryl methyl sites for hydroxylation is 2. The number of rotatable bonds is 5. The summed E-state index contributed by atoms with van der Waals surface area (Å²) in [4.78, 5) is 12.8. The van der Waals surface area contributed by atoms with Crippen molar-refractivity contribution in [3.8, 4) is 16.9 Å². The quantitative estimate of drug-likeness (QED) is 0.694. The fraction of sp³-hybridized carbons (Fsp3) is 0.476. The minimum absolute atomic E-state index is 0. The molecule has 0 bridgehead atoms. The number of hydrogen-bond acceptors (Lipinski definition) is 3. The molecule has 0 atom stereocenters. The molecule has 1 aromatic heterocycles. The fourth-order valence-electron chi connectivity index (χ4n) is 2.78. The van der Waals surface area contributed by atoms with Gasteiger partial charge in [0.05, 0.1) is 5.56 Å². The summed E-state index contributed by atoms with van der Waals surface area (Å²) in [7, 11) is 0. The van der Waals surface area contributed by atoms with Gasteiger partial charge in [0, 0.05) is 39.3 Å². The molecule has 1 fully saturated rings. The minimum Gasteiger partial charge on any atom is -0.505 e. The molecule has 1 aliphatic rings. The summed E-state index contributed by atoms with van der Waals surface area (Å²) >= 11 is 0. The predicted molar refractivity (Wildman–Crippen MR) is 105 cm³/mol. The van der Waals surface area contributed by atoms with Gasteiger partial charge < -0.3 is 12.5 Å².